The van der Waals surface area contributed by atoms with Gasteiger partial charge in [0, 0.05) is 0 Å². The van der Waals surface area contributed by atoms with E-state index >= 15 is 0 Å². The number of carboxylic acid groups (broad SMARTS) is 1. The highest BCUT2D eigenvalue weighted by atomic mass is 79.9. The van der Waals surface area contributed by atoms with Gasteiger partial charge in [-0.25, -0.2) is 0 Å². The smallest absolute Gasteiger partial charge is 0.307 e. The number of hydrogen-bond acceptors (Lipinski definition) is 2. The molecular weight excluding hydrogens is 216 g/mol. The van der Waals surface area contributed by atoms with Gasteiger partial charge >= 0.3 is 5.97 Å². The maximum absolute atomic E-state index is 10.2. The fourth-order valence-corrected chi connectivity index (χ4v) is 1.82. The van der Waals surface area contributed by atoms with Gasteiger partial charge in [0.1, 0.15) is 0 Å². The van der Waals surface area contributed by atoms with E-state index in [2.05, 4.69) is 15.9 Å². The van der Waals surface area contributed by atoms with Crippen LogP contribution in [0, 0.1) is 0 Å². The highest BCUT2D eigenvalue weighted by Gasteiger charge is 2.01. The fraction of sp³-hybridized carbons (Fsp3) is 0.167. The Morgan fingerprint density at radius 1 is 1.80 bits per heavy atom. The monoisotopic (exact) mass is 220 g/mol. The number of halogens is 1. The molecule has 4 heteroatoms. The Morgan fingerprint density at radius 2 is 2.50 bits per heavy atom. The first kappa shape index (κ1) is 7.75. The molecule has 2 nitrogen and oxygen atoms in total. The predicted molar refractivity (Wildman–Crippen MR) is 43.4 cm³/mol. The maximum atomic E-state index is 10.2. The Labute approximate surface area is 70.6 Å². The van der Waals surface area contributed by atoms with Gasteiger partial charge in [0.05, 0.1) is 10.2 Å². The van der Waals surface area contributed by atoms with Crippen molar-refractivity contribution in [3.63, 3.8) is 0 Å². The Morgan fingerprint density at radius 3 is 2.90 bits per heavy atom. The van der Waals surface area contributed by atoms with E-state index in [-0.39, 0.29) is 6.42 Å². The first-order valence-corrected chi connectivity index (χ1v) is 4.30. The van der Waals surface area contributed by atoms with Crippen LogP contribution in [0.15, 0.2) is 15.2 Å². The molecule has 0 aliphatic heterocycles. The van der Waals surface area contributed by atoms with Crippen molar-refractivity contribution in [2.45, 2.75) is 6.42 Å². The summed E-state index contributed by atoms with van der Waals surface area (Å²) in [6.07, 6.45) is 0.113. The summed E-state index contributed by atoms with van der Waals surface area (Å²) in [6.45, 7) is 0. The third-order valence-corrected chi connectivity index (χ3v) is 2.53. The number of thiophene rings is 1. The van der Waals surface area contributed by atoms with E-state index in [0.717, 1.165) is 9.35 Å². The van der Waals surface area contributed by atoms with E-state index in [9.17, 15) is 4.79 Å². The first-order chi connectivity index (χ1) is 4.68. The number of aliphatic carboxylic acids is 1. The van der Waals surface area contributed by atoms with Gasteiger partial charge in [-0.15, -0.1) is 11.3 Å². The van der Waals surface area contributed by atoms with Crippen LogP contribution >= 0.6 is 27.3 Å². The minimum absolute atomic E-state index is 0.113. The Hall–Kier alpha value is -0.350. The Kier molecular flexibility index (Phi) is 2.45. The van der Waals surface area contributed by atoms with Gasteiger partial charge in [-0.2, -0.15) is 0 Å². The lowest BCUT2D eigenvalue weighted by atomic mass is 10.2. The molecule has 1 rings (SSSR count). The van der Waals surface area contributed by atoms with Crippen molar-refractivity contribution in [1.82, 2.24) is 0 Å². The summed E-state index contributed by atoms with van der Waals surface area (Å²) < 4.78 is 0.976. The lowest BCUT2D eigenvalue weighted by Crippen LogP contribution is -1.97. The molecule has 0 radical (unpaired) electrons. The second-order valence-corrected chi connectivity index (χ2v) is 4.12. The molecule has 1 N–H and O–H groups in total. The quantitative estimate of drug-likeness (QED) is 0.830. The van der Waals surface area contributed by atoms with Crippen molar-refractivity contribution in [1.29, 1.82) is 0 Å². The Balaban J connectivity index is 2.67. The third-order valence-electron chi connectivity index (χ3n) is 0.977. The number of hydrogen-bond donors (Lipinski definition) is 1. The van der Waals surface area contributed by atoms with Crippen LogP contribution in [0.3, 0.4) is 0 Å². The SMILES string of the molecule is O=C(O)Cc1csc(Br)c1. The lowest BCUT2D eigenvalue weighted by molar-refractivity contribution is -0.136. The molecule has 10 heavy (non-hydrogen) atoms. The van der Waals surface area contributed by atoms with Crippen LogP contribution in [0.25, 0.3) is 0 Å². The summed E-state index contributed by atoms with van der Waals surface area (Å²) in [6, 6.07) is 1.82. The molecule has 0 aliphatic rings. The standard InChI is InChI=1S/C6H5BrO2S/c7-5-1-4(3-10-5)2-6(8)9/h1,3H,2H2,(H,8,9). The van der Waals surface area contributed by atoms with Crippen LogP contribution in [0.1, 0.15) is 5.56 Å². The molecule has 0 aromatic carbocycles. The summed E-state index contributed by atoms with van der Waals surface area (Å²) >= 11 is 4.75. The predicted octanol–water partition coefficient (Wildman–Crippen LogP) is 2.14. The van der Waals surface area contributed by atoms with E-state index in [0.29, 0.717) is 0 Å². The average Bonchev–Trinajstić information content (AvgIpc) is 2.13. The van der Waals surface area contributed by atoms with Gasteiger partial charge in [-0.3, -0.25) is 4.79 Å². The minimum Gasteiger partial charge on any atom is -0.481 e. The zero-order chi connectivity index (χ0) is 7.56. The molecule has 0 spiro atoms. The van der Waals surface area contributed by atoms with Crippen LogP contribution in [0.4, 0.5) is 0 Å². The van der Waals surface area contributed by atoms with Crippen LogP contribution in [-0.2, 0) is 11.2 Å². The normalized spacial score (nSPS) is 9.70. The van der Waals surface area contributed by atoms with Crippen LogP contribution in [0.5, 0.6) is 0 Å². The van der Waals surface area contributed by atoms with Gasteiger partial charge in [0.25, 0.3) is 0 Å². The largest absolute Gasteiger partial charge is 0.481 e. The van der Waals surface area contributed by atoms with Crippen LogP contribution in [0.2, 0.25) is 0 Å². The van der Waals surface area contributed by atoms with Crippen molar-refractivity contribution in [3.05, 3.63) is 20.8 Å². The van der Waals surface area contributed by atoms with E-state index in [1.807, 2.05) is 11.4 Å². The molecule has 54 valence electrons. The molecule has 1 aromatic rings. The maximum Gasteiger partial charge on any atom is 0.307 e. The van der Waals surface area contributed by atoms with Crippen molar-refractivity contribution in [3.8, 4) is 0 Å². The minimum atomic E-state index is -0.787. The van der Waals surface area contributed by atoms with Gasteiger partial charge < -0.3 is 5.11 Å². The molecule has 0 bridgehead atoms. The lowest BCUT2D eigenvalue weighted by Gasteiger charge is -1.85. The number of carboxylic acids is 1. The molecule has 0 fully saturated rings. The number of carbonyl (C=O) groups is 1. The highest BCUT2D eigenvalue weighted by molar-refractivity contribution is 9.11. The molecule has 0 aliphatic carbocycles. The van der Waals surface area contributed by atoms with Crippen molar-refractivity contribution in [2.75, 3.05) is 0 Å². The molecule has 0 saturated heterocycles. The van der Waals surface area contributed by atoms with Gasteiger partial charge in [-0.05, 0) is 32.9 Å². The fourth-order valence-electron chi connectivity index (χ4n) is 0.613. The van der Waals surface area contributed by atoms with Crippen molar-refractivity contribution in [2.24, 2.45) is 0 Å². The highest BCUT2D eigenvalue weighted by Crippen LogP contribution is 2.20. The summed E-state index contributed by atoms with van der Waals surface area (Å²) in [5, 5.41) is 10.2. The molecular formula is C6H5BrO2S. The zero-order valence-corrected chi connectivity index (χ0v) is 7.41. The molecule has 0 unspecified atom stereocenters. The molecule has 0 amide bonds. The summed E-state index contributed by atoms with van der Waals surface area (Å²) in [5.74, 6) is -0.787. The summed E-state index contributed by atoms with van der Waals surface area (Å²) in [7, 11) is 0. The summed E-state index contributed by atoms with van der Waals surface area (Å²) in [5.41, 5.74) is 0.851. The number of rotatable bonds is 2. The molecule has 0 saturated carbocycles. The van der Waals surface area contributed by atoms with Gasteiger partial charge in [0.15, 0.2) is 0 Å². The first-order valence-electron chi connectivity index (χ1n) is 2.63. The Bertz CT molecular complexity index is 244. The third kappa shape index (κ3) is 2.11. The van der Waals surface area contributed by atoms with Gasteiger partial charge in [-0.1, -0.05) is 0 Å². The zero-order valence-electron chi connectivity index (χ0n) is 5.00. The molecule has 0 atom stereocenters. The van der Waals surface area contributed by atoms with Crippen LogP contribution in [-0.4, -0.2) is 11.1 Å². The summed E-state index contributed by atoms with van der Waals surface area (Å²) in [4.78, 5) is 10.2. The second-order valence-electron chi connectivity index (χ2n) is 1.83. The van der Waals surface area contributed by atoms with Crippen molar-refractivity contribution < 1.29 is 9.90 Å². The van der Waals surface area contributed by atoms with E-state index in [1.165, 1.54) is 11.3 Å². The average molecular weight is 221 g/mol. The van der Waals surface area contributed by atoms with E-state index < -0.39 is 5.97 Å². The van der Waals surface area contributed by atoms with E-state index in [4.69, 9.17) is 5.11 Å². The van der Waals surface area contributed by atoms with Gasteiger partial charge in [0.2, 0.25) is 0 Å². The van der Waals surface area contributed by atoms with E-state index in [1.54, 1.807) is 0 Å². The molecule has 1 heterocycles. The van der Waals surface area contributed by atoms with Crippen LogP contribution < -0.4 is 0 Å². The molecule has 1 aromatic heterocycles. The topological polar surface area (TPSA) is 37.3 Å². The van der Waals surface area contributed by atoms with Crippen molar-refractivity contribution >= 4 is 33.2 Å². The second kappa shape index (κ2) is 3.16.